The van der Waals surface area contributed by atoms with E-state index in [0.717, 1.165) is 27.9 Å². The maximum Gasteiger partial charge on any atom is 0.224 e. The quantitative estimate of drug-likeness (QED) is 0.746. The number of nitrogens with one attached hydrogen (secondary N) is 1. The van der Waals surface area contributed by atoms with Crippen molar-refractivity contribution in [1.29, 1.82) is 0 Å². The summed E-state index contributed by atoms with van der Waals surface area (Å²) in [5.74, 6) is 1.77. The van der Waals surface area contributed by atoms with Gasteiger partial charge in [-0.1, -0.05) is 42.5 Å². The molecule has 0 fully saturated rings. The summed E-state index contributed by atoms with van der Waals surface area (Å²) in [7, 11) is 3.97. The van der Waals surface area contributed by atoms with E-state index in [0.29, 0.717) is 13.0 Å². The maximum absolute atomic E-state index is 12.5. The van der Waals surface area contributed by atoms with Crippen molar-refractivity contribution in [3.8, 4) is 0 Å². The zero-order chi connectivity index (χ0) is 17.8. The van der Waals surface area contributed by atoms with Crippen LogP contribution in [0, 0.1) is 6.92 Å². The molecule has 1 heterocycles. The Labute approximate surface area is 148 Å². The van der Waals surface area contributed by atoms with Crippen molar-refractivity contribution in [2.45, 2.75) is 19.4 Å². The molecule has 0 aliphatic heterocycles. The Balaban J connectivity index is 1.67. The fraction of sp³-hybridized carbons (Fsp3) is 0.286. The van der Waals surface area contributed by atoms with Gasteiger partial charge < -0.3 is 9.73 Å². The minimum atomic E-state index is 0.0187. The number of nitrogens with zero attached hydrogens (tertiary/aromatic N) is 1. The molecule has 25 heavy (non-hydrogen) atoms. The van der Waals surface area contributed by atoms with Crippen molar-refractivity contribution < 1.29 is 9.21 Å². The topological polar surface area (TPSA) is 45.5 Å². The summed E-state index contributed by atoms with van der Waals surface area (Å²) in [4.78, 5) is 14.5. The first-order chi connectivity index (χ1) is 12.0. The smallest absolute Gasteiger partial charge is 0.224 e. The van der Waals surface area contributed by atoms with Gasteiger partial charge in [-0.05, 0) is 49.5 Å². The standard InChI is InChI=1S/C21H24N2O2/c1-15-11-12-20(25-15)19(23(2)3)14-22-21(24)13-17-9-6-8-16-7-4-5-10-18(16)17/h4-12,19H,13-14H2,1-3H3,(H,22,24)/t19-/m0/s1. The average Bonchev–Trinajstić information content (AvgIpc) is 3.01. The first kappa shape index (κ1) is 17.2. The van der Waals surface area contributed by atoms with Crippen LogP contribution in [0.3, 0.4) is 0 Å². The van der Waals surface area contributed by atoms with Gasteiger partial charge in [-0.25, -0.2) is 0 Å². The Morgan fingerprint density at radius 3 is 2.56 bits per heavy atom. The van der Waals surface area contributed by atoms with Crippen molar-refractivity contribution in [3.05, 3.63) is 71.7 Å². The molecule has 1 atom stereocenters. The molecule has 0 aliphatic rings. The molecule has 3 rings (SSSR count). The maximum atomic E-state index is 12.5. The number of hydrogen-bond donors (Lipinski definition) is 1. The van der Waals surface area contributed by atoms with Crippen LogP contribution in [0.15, 0.2) is 59.0 Å². The summed E-state index contributed by atoms with van der Waals surface area (Å²) < 4.78 is 5.72. The molecule has 0 radical (unpaired) electrons. The molecule has 3 aromatic rings. The predicted octanol–water partition coefficient (Wildman–Crippen LogP) is 3.70. The summed E-state index contributed by atoms with van der Waals surface area (Å²) in [6.07, 6.45) is 0.374. The zero-order valence-electron chi connectivity index (χ0n) is 15.0. The molecule has 0 saturated carbocycles. The number of fused-ring (bicyclic) bond motifs is 1. The van der Waals surface area contributed by atoms with Crippen LogP contribution in [0.25, 0.3) is 10.8 Å². The van der Waals surface area contributed by atoms with Gasteiger partial charge in [-0.3, -0.25) is 9.69 Å². The molecule has 1 aromatic heterocycles. The van der Waals surface area contributed by atoms with Crippen LogP contribution in [0.1, 0.15) is 23.1 Å². The van der Waals surface area contributed by atoms with Gasteiger partial charge in [0.2, 0.25) is 5.91 Å². The molecule has 0 unspecified atom stereocenters. The van der Waals surface area contributed by atoms with Crippen LogP contribution in [-0.4, -0.2) is 31.4 Å². The van der Waals surface area contributed by atoms with Crippen LogP contribution >= 0.6 is 0 Å². The minimum absolute atomic E-state index is 0.0187. The fourth-order valence-corrected chi connectivity index (χ4v) is 3.06. The highest BCUT2D eigenvalue weighted by Crippen LogP contribution is 2.21. The number of benzene rings is 2. The largest absolute Gasteiger partial charge is 0.465 e. The molecule has 0 saturated heterocycles. The van der Waals surface area contributed by atoms with Crippen LogP contribution in [-0.2, 0) is 11.2 Å². The fourth-order valence-electron chi connectivity index (χ4n) is 3.06. The number of furan rings is 1. The van der Waals surface area contributed by atoms with E-state index in [2.05, 4.69) is 28.4 Å². The highest BCUT2D eigenvalue weighted by Gasteiger charge is 2.18. The summed E-state index contributed by atoms with van der Waals surface area (Å²) >= 11 is 0. The lowest BCUT2D eigenvalue weighted by Gasteiger charge is -2.22. The normalized spacial score (nSPS) is 12.5. The van der Waals surface area contributed by atoms with Gasteiger partial charge in [-0.2, -0.15) is 0 Å². The second-order valence-corrected chi connectivity index (χ2v) is 6.55. The number of amides is 1. The van der Waals surface area contributed by atoms with Gasteiger partial charge in [-0.15, -0.1) is 0 Å². The SMILES string of the molecule is Cc1ccc([C@H](CNC(=O)Cc2cccc3ccccc23)N(C)C)o1. The van der Waals surface area contributed by atoms with E-state index in [9.17, 15) is 4.79 Å². The number of carbonyl (C=O) groups excluding carboxylic acids is 1. The number of carbonyl (C=O) groups is 1. The third-order valence-corrected chi connectivity index (χ3v) is 4.44. The lowest BCUT2D eigenvalue weighted by molar-refractivity contribution is -0.120. The van der Waals surface area contributed by atoms with Gasteiger partial charge in [0.15, 0.2) is 0 Å². The second-order valence-electron chi connectivity index (χ2n) is 6.55. The van der Waals surface area contributed by atoms with E-state index in [1.54, 1.807) is 0 Å². The second kappa shape index (κ2) is 7.53. The highest BCUT2D eigenvalue weighted by molar-refractivity contribution is 5.90. The van der Waals surface area contributed by atoms with Gasteiger partial charge in [0.25, 0.3) is 0 Å². The Morgan fingerprint density at radius 1 is 1.08 bits per heavy atom. The zero-order valence-corrected chi connectivity index (χ0v) is 15.0. The third kappa shape index (κ3) is 4.09. The van der Waals surface area contributed by atoms with Crippen molar-refractivity contribution >= 4 is 16.7 Å². The molecule has 0 bridgehead atoms. The van der Waals surface area contributed by atoms with Gasteiger partial charge in [0.1, 0.15) is 11.5 Å². The molecule has 4 heteroatoms. The average molecular weight is 336 g/mol. The van der Waals surface area contributed by atoms with E-state index in [1.165, 1.54) is 0 Å². The van der Waals surface area contributed by atoms with E-state index < -0.39 is 0 Å². The molecule has 4 nitrogen and oxygen atoms in total. The number of rotatable bonds is 6. The van der Waals surface area contributed by atoms with Gasteiger partial charge in [0.05, 0.1) is 12.5 Å². The molecule has 0 aliphatic carbocycles. The lowest BCUT2D eigenvalue weighted by Crippen LogP contribution is -2.35. The van der Waals surface area contributed by atoms with E-state index in [1.807, 2.05) is 57.4 Å². The molecule has 2 aromatic carbocycles. The van der Waals surface area contributed by atoms with Crippen LogP contribution in [0.5, 0.6) is 0 Å². The number of aryl methyl sites for hydroxylation is 1. The summed E-state index contributed by atoms with van der Waals surface area (Å²) in [5.41, 5.74) is 1.05. The van der Waals surface area contributed by atoms with Crippen molar-refractivity contribution in [2.24, 2.45) is 0 Å². The number of hydrogen-bond acceptors (Lipinski definition) is 3. The third-order valence-electron chi connectivity index (χ3n) is 4.44. The molecule has 1 amide bonds. The summed E-state index contributed by atoms with van der Waals surface area (Å²) in [5, 5.41) is 5.33. The molecular formula is C21H24N2O2. The van der Waals surface area contributed by atoms with Crippen LogP contribution < -0.4 is 5.32 Å². The Kier molecular flexibility index (Phi) is 5.19. The monoisotopic (exact) mass is 336 g/mol. The molecule has 0 spiro atoms. The number of likely N-dealkylation sites (N-methyl/N-ethyl adjacent to an activating group) is 1. The Morgan fingerprint density at radius 2 is 1.84 bits per heavy atom. The minimum Gasteiger partial charge on any atom is -0.465 e. The predicted molar refractivity (Wildman–Crippen MR) is 101 cm³/mol. The summed E-state index contributed by atoms with van der Waals surface area (Å²) in [6.45, 7) is 2.44. The molecular weight excluding hydrogens is 312 g/mol. The molecule has 1 N–H and O–H groups in total. The van der Waals surface area contributed by atoms with E-state index >= 15 is 0 Å². The first-order valence-electron chi connectivity index (χ1n) is 8.50. The van der Waals surface area contributed by atoms with Gasteiger partial charge >= 0.3 is 0 Å². The Bertz CT molecular complexity index is 862. The van der Waals surface area contributed by atoms with Crippen molar-refractivity contribution in [2.75, 3.05) is 20.6 Å². The van der Waals surface area contributed by atoms with Gasteiger partial charge in [0, 0.05) is 6.54 Å². The van der Waals surface area contributed by atoms with E-state index in [4.69, 9.17) is 4.42 Å². The summed E-state index contributed by atoms with van der Waals surface area (Å²) in [6, 6.07) is 18.2. The van der Waals surface area contributed by atoms with E-state index in [-0.39, 0.29) is 11.9 Å². The first-order valence-corrected chi connectivity index (χ1v) is 8.50. The highest BCUT2D eigenvalue weighted by atomic mass is 16.3. The van der Waals surface area contributed by atoms with Crippen molar-refractivity contribution in [1.82, 2.24) is 10.2 Å². The van der Waals surface area contributed by atoms with Crippen molar-refractivity contribution in [3.63, 3.8) is 0 Å². The van der Waals surface area contributed by atoms with Crippen LogP contribution in [0.2, 0.25) is 0 Å². The Hall–Kier alpha value is -2.59. The molecule has 130 valence electrons. The van der Waals surface area contributed by atoms with Crippen LogP contribution in [0.4, 0.5) is 0 Å². The lowest BCUT2D eigenvalue weighted by atomic mass is 10.0.